The minimum Gasteiger partial charge on any atom is -0.457 e. The van der Waals surface area contributed by atoms with Gasteiger partial charge in [0.05, 0.1) is 16.8 Å². The molecule has 0 amide bonds. The highest BCUT2D eigenvalue weighted by Gasteiger charge is 2.51. The summed E-state index contributed by atoms with van der Waals surface area (Å²) in [6.07, 6.45) is 0. The van der Waals surface area contributed by atoms with E-state index in [0.717, 1.165) is 28.6 Å². The standard InChI is InChI=1S/C43H29NO/c1-3-16-30(17-4-1)32-20-8-12-26-38(32)44(31-18-5-2-6-19-31)39-27-15-25-37-42(39)33-21-7-9-22-34(33)43(37)35-23-10-13-28-40(35)45-41-29-14-11-24-36(41)43/h1-29H. The van der Waals surface area contributed by atoms with Crippen LogP contribution in [0.25, 0.3) is 22.3 Å². The molecule has 1 aliphatic heterocycles. The fraction of sp³-hybridized carbons (Fsp3) is 0.0233. The molecule has 0 saturated carbocycles. The number of rotatable bonds is 4. The van der Waals surface area contributed by atoms with E-state index >= 15 is 0 Å². The van der Waals surface area contributed by atoms with Gasteiger partial charge in [0.2, 0.25) is 0 Å². The Labute approximate surface area is 263 Å². The average Bonchev–Trinajstić information content (AvgIpc) is 3.41. The van der Waals surface area contributed by atoms with Crippen LogP contribution in [0.2, 0.25) is 0 Å². The number of nitrogens with zero attached hydrogens (tertiary/aromatic N) is 1. The minimum atomic E-state index is -0.519. The molecular formula is C43H29NO. The summed E-state index contributed by atoms with van der Waals surface area (Å²) in [6.45, 7) is 0. The molecule has 1 aliphatic carbocycles. The number of anilines is 3. The van der Waals surface area contributed by atoms with Crippen molar-refractivity contribution in [1.82, 2.24) is 0 Å². The maximum absolute atomic E-state index is 6.56. The largest absolute Gasteiger partial charge is 0.457 e. The summed E-state index contributed by atoms with van der Waals surface area (Å²) in [5.74, 6) is 1.80. The van der Waals surface area contributed by atoms with Gasteiger partial charge in [-0.25, -0.2) is 0 Å². The number of para-hydroxylation sites is 4. The van der Waals surface area contributed by atoms with E-state index in [1.807, 2.05) is 0 Å². The maximum Gasteiger partial charge on any atom is 0.132 e. The van der Waals surface area contributed by atoms with Gasteiger partial charge in [0.25, 0.3) is 0 Å². The van der Waals surface area contributed by atoms with Gasteiger partial charge < -0.3 is 9.64 Å². The molecule has 0 unspecified atom stereocenters. The van der Waals surface area contributed by atoms with E-state index < -0.39 is 5.41 Å². The highest BCUT2D eigenvalue weighted by molar-refractivity contribution is 6.00. The van der Waals surface area contributed by atoms with Crippen LogP contribution in [0.1, 0.15) is 22.3 Å². The molecule has 1 heterocycles. The first-order chi connectivity index (χ1) is 22.4. The van der Waals surface area contributed by atoms with Crippen LogP contribution in [0.5, 0.6) is 11.5 Å². The summed E-state index contributed by atoms with van der Waals surface area (Å²) in [6, 6.07) is 63.0. The first-order valence-corrected chi connectivity index (χ1v) is 15.5. The average molecular weight is 576 g/mol. The lowest BCUT2D eigenvalue weighted by Crippen LogP contribution is -2.32. The zero-order valence-electron chi connectivity index (χ0n) is 24.6. The number of benzene rings is 7. The molecule has 2 heteroatoms. The summed E-state index contributed by atoms with van der Waals surface area (Å²) in [4.78, 5) is 2.44. The van der Waals surface area contributed by atoms with Crippen molar-refractivity contribution in [2.75, 3.05) is 4.90 Å². The topological polar surface area (TPSA) is 12.5 Å². The van der Waals surface area contributed by atoms with Gasteiger partial charge in [-0.05, 0) is 58.7 Å². The van der Waals surface area contributed by atoms with E-state index in [1.54, 1.807) is 0 Å². The van der Waals surface area contributed by atoms with E-state index in [-0.39, 0.29) is 0 Å². The molecule has 45 heavy (non-hydrogen) atoms. The van der Waals surface area contributed by atoms with Crippen LogP contribution in [-0.4, -0.2) is 0 Å². The molecule has 0 bridgehead atoms. The second-order valence-electron chi connectivity index (χ2n) is 11.6. The molecule has 2 nitrogen and oxygen atoms in total. The SMILES string of the molecule is c1ccc(-c2ccccc2N(c2ccccc2)c2cccc3c2-c2ccccc2C32c3ccccc3Oc3ccccc32)cc1. The Kier molecular flexibility index (Phi) is 5.76. The van der Waals surface area contributed by atoms with Gasteiger partial charge in [-0.2, -0.15) is 0 Å². The van der Waals surface area contributed by atoms with Crippen LogP contribution in [0.3, 0.4) is 0 Å². The molecule has 0 fully saturated rings. The highest BCUT2D eigenvalue weighted by Crippen LogP contribution is 2.64. The van der Waals surface area contributed by atoms with Crippen molar-refractivity contribution in [2.24, 2.45) is 0 Å². The van der Waals surface area contributed by atoms with Crippen molar-refractivity contribution in [3.63, 3.8) is 0 Å². The van der Waals surface area contributed by atoms with Crippen molar-refractivity contribution in [1.29, 1.82) is 0 Å². The monoisotopic (exact) mass is 575 g/mol. The van der Waals surface area contributed by atoms with Gasteiger partial charge in [-0.3, -0.25) is 0 Å². The number of hydrogen-bond donors (Lipinski definition) is 0. The Bertz CT molecular complexity index is 2160. The van der Waals surface area contributed by atoms with Crippen LogP contribution in [0, 0.1) is 0 Å². The van der Waals surface area contributed by atoms with Gasteiger partial charge in [0.1, 0.15) is 11.5 Å². The molecule has 1 spiro atoms. The molecule has 0 N–H and O–H groups in total. The Hall–Kier alpha value is -5.86. The van der Waals surface area contributed by atoms with E-state index in [4.69, 9.17) is 4.74 Å². The predicted octanol–water partition coefficient (Wildman–Crippen LogP) is 11.3. The van der Waals surface area contributed by atoms with E-state index in [9.17, 15) is 0 Å². The lowest BCUT2D eigenvalue weighted by atomic mass is 9.66. The van der Waals surface area contributed by atoms with Gasteiger partial charge in [0.15, 0.2) is 0 Å². The van der Waals surface area contributed by atoms with E-state index in [1.165, 1.54) is 44.5 Å². The molecule has 7 aromatic rings. The number of ether oxygens (including phenoxy) is 1. The Morgan fingerprint density at radius 2 is 0.889 bits per heavy atom. The summed E-state index contributed by atoms with van der Waals surface area (Å²) < 4.78 is 6.56. The molecule has 212 valence electrons. The van der Waals surface area contributed by atoms with Crippen LogP contribution >= 0.6 is 0 Å². The number of hydrogen-bond acceptors (Lipinski definition) is 2. The normalized spacial score (nSPS) is 13.2. The third-order valence-corrected chi connectivity index (χ3v) is 9.33. The van der Waals surface area contributed by atoms with Crippen LogP contribution < -0.4 is 9.64 Å². The van der Waals surface area contributed by atoms with Gasteiger partial charge in [-0.1, -0.05) is 140 Å². The van der Waals surface area contributed by atoms with Crippen molar-refractivity contribution >= 4 is 17.1 Å². The summed E-state index contributed by atoms with van der Waals surface area (Å²) in [5.41, 5.74) is 12.6. The molecule has 9 rings (SSSR count). The second kappa shape index (κ2) is 10.1. The maximum atomic E-state index is 6.56. The molecule has 2 aliphatic rings. The lowest BCUT2D eigenvalue weighted by molar-refractivity contribution is 0.436. The minimum absolute atomic E-state index is 0.519. The smallest absolute Gasteiger partial charge is 0.132 e. The van der Waals surface area contributed by atoms with Crippen molar-refractivity contribution in [3.8, 4) is 33.8 Å². The Morgan fingerprint density at radius 3 is 1.60 bits per heavy atom. The zero-order chi connectivity index (χ0) is 29.8. The van der Waals surface area contributed by atoms with Crippen molar-refractivity contribution in [3.05, 3.63) is 198 Å². The first-order valence-electron chi connectivity index (χ1n) is 15.5. The first kappa shape index (κ1) is 25.6. The van der Waals surface area contributed by atoms with Crippen LogP contribution in [-0.2, 0) is 5.41 Å². The second-order valence-corrected chi connectivity index (χ2v) is 11.6. The lowest BCUT2D eigenvalue weighted by Gasteiger charge is -2.39. The van der Waals surface area contributed by atoms with E-state index in [2.05, 4.69) is 181 Å². The quantitative estimate of drug-likeness (QED) is 0.207. The summed E-state index contributed by atoms with van der Waals surface area (Å²) in [7, 11) is 0. The summed E-state index contributed by atoms with van der Waals surface area (Å²) in [5, 5.41) is 0. The summed E-state index contributed by atoms with van der Waals surface area (Å²) >= 11 is 0. The van der Waals surface area contributed by atoms with Gasteiger partial charge in [0, 0.05) is 27.9 Å². The molecule has 0 aromatic heterocycles. The molecule has 0 radical (unpaired) electrons. The third-order valence-electron chi connectivity index (χ3n) is 9.33. The predicted molar refractivity (Wildman–Crippen MR) is 184 cm³/mol. The molecule has 0 atom stereocenters. The molecular weight excluding hydrogens is 546 g/mol. The fourth-order valence-electron chi connectivity index (χ4n) is 7.59. The fourth-order valence-corrected chi connectivity index (χ4v) is 7.59. The van der Waals surface area contributed by atoms with Gasteiger partial charge >= 0.3 is 0 Å². The number of fused-ring (bicyclic) bond motifs is 9. The Balaban J connectivity index is 1.40. The van der Waals surface area contributed by atoms with Gasteiger partial charge in [-0.15, -0.1) is 0 Å². The van der Waals surface area contributed by atoms with Crippen molar-refractivity contribution < 1.29 is 4.74 Å². The Morgan fingerprint density at radius 1 is 0.378 bits per heavy atom. The zero-order valence-corrected chi connectivity index (χ0v) is 24.6. The third kappa shape index (κ3) is 3.69. The highest BCUT2D eigenvalue weighted by atomic mass is 16.5. The molecule has 7 aromatic carbocycles. The molecule has 0 saturated heterocycles. The van der Waals surface area contributed by atoms with E-state index in [0.29, 0.717) is 0 Å². The van der Waals surface area contributed by atoms with Crippen LogP contribution in [0.4, 0.5) is 17.1 Å². The van der Waals surface area contributed by atoms with Crippen LogP contribution in [0.15, 0.2) is 176 Å². The van der Waals surface area contributed by atoms with Crippen molar-refractivity contribution in [2.45, 2.75) is 5.41 Å².